The van der Waals surface area contributed by atoms with E-state index < -0.39 is 11.7 Å². The van der Waals surface area contributed by atoms with Gasteiger partial charge in [0.05, 0.1) is 5.56 Å². The number of benzene rings is 2. The summed E-state index contributed by atoms with van der Waals surface area (Å²) in [6.45, 7) is 0. The van der Waals surface area contributed by atoms with Gasteiger partial charge in [0.2, 0.25) is 0 Å². The van der Waals surface area contributed by atoms with Crippen molar-refractivity contribution in [1.82, 2.24) is 0 Å². The molecule has 0 N–H and O–H groups in total. The van der Waals surface area contributed by atoms with Gasteiger partial charge in [0.15, 0.2) is 6.29 Å². The lowest BCUT2D eigenvalue weighted by Crippen LogP contribution is -2.09. The monoisotopic (exact) mass is 284 g/mol. The van der Waals surface area contributed by atoms with Gasteiger partial charge in [-0.2, -0.15) is 13.2 Å². The fourth-order valence-corrected chi connectivity index (χ4v) is 2.01. The van der Waals surface area contributed by atoms with Gasteiger partial charge in [0.1, 0.15) is 0 Å². The van der Waals surface area contributed by atoms with Crippen LogP contribution in [0.1, 0.15) is 15.9 Å². The summed E-state index contributed by atoms with van der Waals surface area (Å²) in [6.07, 6.45) is -4.38. The highest BCUT2D eigenvalue weighted by Gasteiger charge is 2.33. The Kier molecular flexibility index (Phi) is 3.62. The smallest absolute Gasteiger partial charge is 0.298 e. The number of hydrogen-bond donors (Lipinski definition) is 0. The van der Waals surface area contributed by atoms with E-state index in [0.29, 0.717) is 16.1 Å². The van der Waals surface area contributed by atoms with Crippen LogP contribution in [-0.2, 0) is 6.18 Å². The van der Waals surface area contributed by atoms with Crippen molar-refractivity contribution in [2.24, 2.45) is 0 Å². The highest BCUT2D eigenvalue weighted by Crippen LogP contribution is 2.36. The van der Waals surface area contributed by atoms with Crippen molar-refractivity contribution in [2.45, 2.75) is 6.18 Å². The maximum Gasteiger partial charge on any atom is 0.417 e. The number of alkyl halides is 3. The molecule has 98 valence electrons. The predicted octanol–water partition coefficient (Wildman–Crippen LogP) is 4.84. The third kappa shape index (κ3) is 2.79. The molecule has 0 fully saturated rings. The van der Waals surface area contributed by atoms with Crippen LogP contribution in [0, 0.1) is 0 Å². The molecule has 2 aromatic rings. The lowest BCUT2D eigenvalue weighted by Gasteiger charge is -2.12. The zero-order valence-corrected chi connectivity index (χ0v) is 10.3. The maximum atomic E-state index is 12.8. The Bertz CT molecular complexity index is 620. The van der Waals surface area contributed by atoms with Gasteiger partial charge in [-0.25, -0.2) is 0 Å². The molecule has 0 spiro atoms. The maximum absolute atomic E-state index is 12.8. The van der Waals surface area contributed by atoms with E-state index in [2.05, 4.69) is 0 Å². The average molecular weight is 285 g/mol. The Morgan fingerprint density at radius 3 is 2.32 bits per heavy atom. The summed E-state index contributed by atoms with van der Waals surface area (Å²) in [5.74, 6) is 0. The van der Waals surface area contributed by atoms with Crippen molar-refractivity contribution in [3.63, 3.8) is 0 Å². The topological polar surface area (TPSA) is 17.1 Å². The van der Waals surface area contributed by atoms with Crippen LogP contribution in [0.5, 0.6) is 0 Å². The Hall–Kier alpha value is -1.81. The molecule has 0 unspecified atom stereocenters. The summed E-state index contributed by atoms with van der Waals surface area (Å²) < 4.78 is 38.5. The molecule has 0 aliphatic rings. The Labute approximate surface area is 112 Å². The molecule has 0 amide bonds. The number of carbonyl (C=O) groups is 1. The van der Waals surface area contributed by atoms with Gasteiger partial charge < -0.3 is 0 Å². The second-order valence-corrected chi connectivity index (χ2v) is 4.30. The molecule has 0 aliphatic heterocycles. The molecule has 19 heavy (non-hydrogen) atoms. The molecule has 0 aromatic heterocycles. The molecule has 1 nitrogen and oxygen atoms in total. The second kappa shape index (κ2) is 5.05. The van der Waals surface area contributed by atoms with Gasteiger partial charge in [0.25, 0.3) is 0 Å². The fraction of sp³-hybridized carbons (Fsp3) is 0.0714. The Morgan fingerprint density at radius 2 is 1.74 bits per heavy atom. The van der Waals surface area contributed by atoms with Crippen LogP contribution in [0.25, 0.3) is 11.1 Å². The Balaban J connectivity index is 2.62. The van der Waals surface area contributed by atoms with Crippen molar-refractivity contribution in [2.75, 3.05) is 0 Å². The predicted molar refractivity (Wildman–Crippen MR) is 67.3 cm³/mol. The zero-order chi connectivity index (χ0) is 14.0. The summed E-state index contributed by atoms with van der Waals surface area (Å²) in [6, 6.07) is 10.1. The number of hydrogen-bond acceptors (Lipinski definition) is 1. The van der Waals surface area contributed by atoms with Crippen LogP contribution in [0.15, 0.2) is 42.5 Å². The first-order valence-corrected chi connectivity index (χ1v) is 5.72. The molecule has 2 rings (SSSR count). The minimum atomic E-state index is -4.58. The first-order chi connectivity index (χ1) is 8.93. The molecule has 5 heteroatoms. The molecule has 0 atom stereocenters. The fourth-order valence-electron chi connectivity index (χ4n) is 1.77. The van der Waals surface area contributed by atoms with E-state index in [1.54, 1.807) is 24.3 Å². The normalized spacial score (nSPS) is 11.4. The standard InChI is InChI=1S/C14H8ClF3O/c15-13-4-2-1-3-11(13)9-5-6-10(8-19)12(7-9)14(16,17)18/h1-8H. The SMILES string of the molecule is O=Cc1ccc(-c2ccccc2Cl)cc1C(F)(F)F. The van der Waals surface area contributed by atoms with Crippen LogP contribution in [0.3, 0.4) is 0 Å². The van der Waals surface area contributed by atoms with Crippen LogP contribution in [0.2, 0.25) is 5.02 Å². The van der Waals surface area contributed by atoms with Crippen LogP contribution in [0.4, 0.5) is 13.2 Å². The minimum absolute atomic E-state index is 0.194. The summed E-state index contributed by atoms with van der Waals surface area (Å²) in [7, 11) is 0. The van der Waals surface area contributed by atoms with Gasteiger partial charge in [0, 0.05) is 16.1 Å². The molecule has 2 aromatic carbocycles. The van der Waals surface area contributed by atoms with E-state index in [1.165, 1.54) is 6.07 Å². The summed E-state index contributed by atoms with van der Waals surface area (Å²) in [5, 5.41) is 0.356. The highest BCUT2D eigenvalue weighted by molar-refractivity contribution is 6.33. The molecule has 0 saturated carbocycles. The van der Waals surface area contributed by atoms with Crippen molar-refractivity contribution in [1.29, 1.82) is 0 Å². The lowest BCUT2D eigenvalue weighted by molar-refractivity contribution is -0.137. The van der Waals surface area contributed by atoms with E-state index in [-0.39, 0.29) is 11.8 Å². The molecule has 0 aliphatic carbocycles. The molecular formula is C14H8ClF3O. The number of halogens is 4. The quantitative estimate of drug-likeness (QED) is 0.721. The molecule has 0 saturated heterocycles. The molecule has 0 radical (unpaired) electrons. The van der Waals surface area contributed by atoms with Gasteiger partial charge >= 0.3 is 6.18 Å². The minimum Gasteiger partial charge on any atom is -0.298 e. The summed E-state index contributed by atoms with van der Waals surface area (Å²) in [4.78, 5) is 10.7. The van der Waals surface area contributed by atoms with Crippen LogP contribution >= 0.6 is 11.6 Å². The second-order valence-electron chi connectivity index (χ2n) is 3.90. The van der Waals surface area contributed by atoms with E-state index in [0.717, 1.165) is 12.1 Å². The van der Waals surface area contributed by atoms with E-state index in [1.807, 2.05) is 0 Å². The van der Waals surface area contributed by atoms with Gasteiger partial charge in [-0.1, -0.05) is 41.9 Å². The number of carbonyl (C=O) groups excluding carboxylic acids is 1. The van der Waals surface area contributed by atoms with E-state index in [9.17, 15) is 18.0 Å². The van der Waals surface area contributed by atoms with Crippen LogP contribution < -0.4 is 0 Å². The van der Waals surface area contributed by atoms with Crippen LogP contribution in [-0.4, -0.2) is 6.29 Å². The summed E-state index contributed by atoms with van der Waals surface area (Å²) >= 11 is 5.95. The van der Waals surface area contributed by atoms with Gasteiger partial charge in [-0.15, -0.1) is 0 Å². The summed E-state index contributed by atoms with van der Waals surface area (Å²) in [5.41, 5.74) is -0.529. The Morgan fingerprint density at radius 1 is 1.05 bits per heavy atom. The first kappa shape index (κ1) is 13.6. The van der Waals surface area contributed by atoms with Crippen molar-refractivity contribution < 1.29 is 18.0 Å². The largest absolute Gasteiger partial charge is 0.417 e. The molecule has 0 bridgehead atoms. The average Bonchev–Trinajstić information content (AvgIpc) is 2.37. The first-order valence-electron chi connectivity index (χ1n) is 5.35. The van der Waals surface area contributed by atoms with Crippen molar-refractivity contribution >= 4 is 17.9 Å². The number of rotatable bonds is 2. The van der Waals surface area contributed by atoms with Gasteiger partial charge in [-0.05, 0) is 17.7 Å². The third-order valence-corrected chi connectivity index (χ3v) is 3.00. The highest BCUT2D eigenvalue weighted by atomic mass is 35.5. The van der Waals surface area contributed by atoms with Crippen molar-refractivity contribution in [3.05, 3.63) is 58.6 Å². The van der Waals surface area contributed by atoms with E-state index in [4.69, 9.17) is 11.6 Å². The molecule has 0 heterocycles. The zero-order valence-electron chi connectivity index (χ0n) is 9.54. The molecular weight excluding hydrogens is 277 g/mol. The number of aldehydes is 1. The third-order valence-electron chi connectivity index (χ3n) is 2.67. The van der Waals surface area contributed by atoms with Gasteiger partial charge in [-0.3, -0.25) is 4.79 Å². The van der Waals surface area contributed by atoms with E-state index >= 15 is 0 Å². The lowest BCUT2D eigenvalue weighted by atomic mass is 9.99. The van der Waals surface area contributed by atoms with Crippen molar-refractivity contribution in [3.8, 4) is 11.1 Å².